The molecule has 1 unspecified atom stereocenters. The number of hydrogen-bond donors (Lipinski definition) is 0. The minimum absolute atomic E-state index is 0.0574. The van der Waals surface area contributed by atoms with Crippen LogP contribution in [0.4, 0.5) is 5.69 Å². The van der Waals surface area contributed by atoms with Crippen molar-refractivity contribution in [3.05, 3.63) is 143 Å². The van der Waals surface area contributed by atoms with E-state index in [0.29, 0.717) is 17.7 Å². The van der Waals surface area contributed by atoms with E-state index in [1.54, 1.807) is 6.92 Å². The smallest absolute Gasteiger partial charge is 0.340 e. The summed E-state index contributed by atoms with van der Waals surface area (Å²) in [7, 11) is 0. The second kappa shape index (κ2) is 10.7. The van der Waals surface area contributed by atoms with Crippen LogP contribution in [0.5, 0.6) is 0 Å². The molecule has 0 saturated heterocycles. The lowest BCUT2D eigenvalue weighted by Gasteiger charge is -2.19. The molecule has 5 nitrogen and oxygen atoms in total. The summed E-state index contributed by atoms with van der Waals surface area (Å²) in [4.78, 5) is 30.0. The minimum Gasteiger partial charge on any atom is -0.462 e. The first kappa shape index (κ1) is 25.4. The molecule has 0 fully saturated rings. The van der Waals surface area contributed by atoms with Gasteiger partial charge in [0.2, 0.25) is 5.91 Å². The topological polar surface area (TPSA) is 51.5 Å². The van der Waals surface area contributed by atoms with Gasteiger partial charge in [0, 0.05) is 22.6 Å². The van der Waals surface area contributed by atoms with Crippen LogP contribution in [0.2, 0.25) is 0 Å². The Balaban J connectivity index is 1.64. The second-order valence-electron chi connectivity index (χ2n) is 9.88. The van der Waals surface area contributed by atoms with Crippen LogP contribution in [0.15, 0.2) is 115 Å². The number of para-hydroxylation sites is 2. The molecule has 2 heterocycles. The molecule has 5 aromatic rings. The largest absolute Gasteiger partial charge is 0.462 e. The predicted octanol–water partition coefficient (Wildman–Crippen LogP) is 7.31. The highest BCUT2D eigenvalue weighted by molar-refractivity contribution is 6.10. The minimum atomic E-state index is -0.668. The van der Waals surface area contributed by atoms with Gasteiger partial charge in [-0.05, 0) is 48.7 Å². The Morgan fingerprint density at radius 1 is 0.800 bits per heavy atom. The van der Waals surface area contributed by atoms with E-state index in [9.17, 15) is 9.59 Å². The van der Waals surface area contributed by atoms with E-state index in [2.05, 4.69) is 4.57 Å². The summed E-state index contributed by atoms with van der Waals surface area (Å²) in [5, 5.41) is 0. The van der Waals surface area contributed by atoms with Crippen molar-refractivity contribution in [3.63, 3.8) is 0 Å². The Morgan fingerprint density at radius 2 is 1.40 bits per heavy atom. The number of amides is 1. The van der Waals surface area contributed by atoms with E-state index < -0.39 is 11.9 Å². The van der Waals surface area contributed by atoms with Gasteiger partial charge >= 0.3 is 5.97 Å². The quantitative estimate of drug-likeness (QED) is 0.209. The van der Waals surface area contributed by atoms with Crippen LogP contribution in [0.25, 0.3) is 16.9 Å². The Morgan fingerprint density at radius 3 is 2.08 bits per heavy atom. The predicted molar refractivity (Wildman–Crippen MR) is 158 cm³/mol. The fraction of sp³-hybridized carbons (Fsp3) is 0.143. The van der Waals surface area contributed by atoms with E-state index in [0.717, 1.165) is 39.5 Å². The lowest BCUT2D eigenvalue weighted by Crippen LogP contribution is -2.29. The van der Waals surface area contributed by atoms with Gasteiger partial charge in [-0.2, -0.15) is 0 Å². The molecule has 0 bridgehead atoms. The first-order valence-electron chi connectivity index (χ1n) is 13.6. The van der Waals surface area contributed by atoms with Crippen molar-refractivity contribution in [1.82, 2.24) is 4.57 Å². The van der Waals surface area contributed by atoms with Crippen LogP contribution in [0.3, 0.4) is 0 Å². The van der Waals surface area contributed by atoms with Gasteiger partial charge in [0.15, 0.2) is 0 Å². The molecule has 198 valence electrons. The number of aromatic nitrogens is 1. The van der Waals surface area contributed by atoms with Crippen molar-refractivity contribution < 1.29 is 14.3 Å². The normalized spacial score (nSPS) is 14.3. The van der Waals surface area contributed by atoms with Crippen molar-refractivity contribution >= 4 is 17.6 Å². The van der Waals surface area contributed by atoms with Gasteiger partial charge < -0.3 is 14.2 Å². The number of benzene rings is 4. The SMILES string of the molecule is CCOC(=O)c1c(C2C(=O)N(Cc3ccccc3)c3ccccc32)c(-c2ccccc2)n(-c2ccccc2)c1C. The standard InChI is InChI=1S/C35H30N2O3/c1-3-40-35(39)30-24(2)37(27-19-11-6-12-20-27)33(26-17-9-5-10-18-26)32(30)31-28-21-13-14-22-29(28)36(34(31)38)23-25-15-7-4-8-16-25/h4-22,31H,3,23H2,1-2H3. The second-order valence-corrected chi connectivity index (χ2v) is 9.88. The molecular formula is C35H30N2O3. The summed E-state index contributed by atoms with van der Waals surface area (Å²) in [6.07, 6.45) is 0. The van der Waals surface area contributed by atoms with Crippen LogP contribution in [-0.2, 0) is 16.1 Å². The Kier molecular flexibility index (Phi) is 6.79. The molecule has 4 aromatic carbocycles. The molecule has 6 rings (SSSR count). The zero-order valence-electron chi connectivity index (χ0n) is 22.6. The lowest BCUT2D eigenvalue weighted by molar-refractivity contribution is -0.118. The number of anilines is 1. The summed E-state index contributed by atoms with van der Waals surface area (Å²) in [5.74, 6) is -1.15. The Labute approximate surface area is 234 Å². The molecule has 0 N–H and O–H groups in total. The molecule has 0 aliphatic carbocycles. The van der Waals surface area contributed by atoms with E-state index in [4.69, 9.17) is 4.74 Å². The fourth-order valence-corrected chi connectivity index (χ4v) is 5.83. The third-order valence-electron chi connectivity index (χ3n) is 7.51. The highest BCUT2D eigenvalue weighted by Crippen LogP contribution is 2.48. The van der Waals surface area contributed by atoms with E-state index in [-0.39, 0.29) is 12.5 Å². The van der Waals surface area contributed by atoms with E-state index in [1.807, 2.05) is 127 Å². The number of ether oxygens (including phenoxy) is 1. The zero-order valence-corrected chi connectivity index (χ0v) is 22.6. The van der Waals surface area contributed by atoms with Crippen LogP contribution < -0.4 is 4.90 Å². The molecular weight excluding hydrogens is 496 g/mol. The number of rotatable bonds is 7. The molecule has 5 heteroatoms. The first-order valence-corrected chi connectivity index (χ1v) is 13.6. The van der Waals surface area contributed by atoms with Crippen molar-refractivity contribution in [2.45, 2.75) is 26.3 Å². The summed E-state index contributed by atoms with van der Waals surface area (Å²) in [5.41, 5.74) is 7.31. The van der Waals surface area contributed by atoms with Crippen LogP contribution >= 0.6 is 0 Å². The molecule has 1 aromatic heterocycles. The lowest BCUT2D eigenvalue weighted by atomic mass is 9.87. The van der Waals surface area contributed by atoms with Gasteiger partial charge in [-0.1, -0.05) is 97.1 Å². The third-order valence-corrected chi connectivity index (χ3v) is 7.51. The molecule has 40 heavy (non-hydrogen) atoms. The van der Waals surface area contributed by atoms with Gasteiger partial charge in [-0.3, -0.25) is 4.79 Å². The first-order chi connectivity index (χ1) is 19.6. The van der Waals surface area contributed by atoms with Crippen molar-refractivity contribution in [2.75, 3.05) is 11.5 Å². The number of carbonyl (C=O) groups is 2. The summed E-state index contributed by atoms with van der Waals surface area (Å²) in [6, 6.07) is 37.8. The number of nitrogens with zero attached hydrogens (tertiary/aromatic N) is 2. The van der Waals surface area contributed by atoms with Crippen molar-refractivity contribution in [1.29, 1.82) is 0 Å². The maximum Gasteiger partial charge on any atom is 0.340 e. The molecule has 1 amide bonds. The van der Waals surface area contributed by atoms with Crippen molar-refractivity contribution in [2.24, 2.45) is 0 Å². The number of fused-ring (bicyclic) bond motifs is 1. The van der Waals surface area contributed by atoms with E-state index >= 15 is 0 Å². The van der Waals surface area contributed by atoms with Crippen LogP contribution in [0, 0.1) is 6.92 Å². The Bertz CT molecular complexity index is 1670. The maximum atomic E-state index is 14.5. The Hall–Kier alpha value is -4.90. The number of carbonyl (C=O) groups excluding carboxylic acids is 2. The van der Waals surface area contributed by atoms with Crippen molar-refractivity contribution in [3.8, 4) is 16.9 Å². The monoisotopic (exact) mass is 526 g/mol. The average molecular weight is 527 g/mol. The summed E-state index contributed by atoms with van der Waals surface area (Å²) >= 11 is 0. The van der Waals surface area contributed by atoms with Gasteiger partial charge in [0.1, 0.15) is 0 Å². The van der Waals surface area contributed by atoms with Gasteiger partial charge in [-0.15, -0.1) is 0 Å². The highest BCUT2D eigenvalue weighted by Gasteiger charge is 2.43. The molecule has 0 radical (unpaired) electrons. The molecule has 1 aliphatic rings. The maximum absolute atomic E-state index is 14.5. The van der Waals surface area contributed by atoms with Crippen LogP contribution in [-0.4, -0.2) is 23.1 Å². The average Bonchev–Trinajstić information content (AvgIpc) is 3.44. The van der Waals surface area contributed by atoms with Gasteiger partial charge in [0.05, 0.1) is 30.3 Å². The highest BCUT2D eigenvalue weighted by atomic mass is 16.5. The summed E-state index contributed by atoms with van der Waals surface area (Å²) in [6.45, 7) is 4.42. The fourth-order valence-electron chi connectivity index (χ4n) is 5.83. The van der Waals surface area contributed by atoms with Gasteiger partial charge in [0.25, 0.3) is 0 Å². The van der Waals surface area contributed by atoms with Crippen LogP contribution in [0.1, 0.15) is 45.6 Å². The molecule has 1 atom stereocenters. The molecule has 0 saturated carbocycles. The third kappa shape index (κ3) is 4.30. The van der Waals surface area contributed by atoms with E-state index in [1.165, 1.54) is 0 Å². The zero-order chi connectivity index (χ0) is 27.6. The molecule has 0 spiro atoms. The molecule has 1 aliphatic heterocycles. The van der Waals surface area contributed by atoms with Gasteiger partial charge in [-0.25, -0.2) is 4.79 Å². The number of esters is 1. The summed E-state index contributed by atoms with van der Waals surface area (Å²) < 4.78 is 7.71. The number of hydrogen-bond acceptors (Lipinski definition) is 3.